The quantitative estimate of drug-likeness (QED) is 0.729. The molecule has 3 aromatic rings. The van der Waals surface area contributed by atoms with Gasteiger partial charge >= 0.3 is 0 Å². The highest BCUT2D eigenvalue weighted by atomic mass is 32.2. The molecule has 7 nitrogen and oxygen atoms in total. The van der Waals surface area contributed by atoms with Crippen LogP contribution in [0.4, 0.5) is 5.69 Å². The molecule has 0 spiro atoms. The Balaban J connectivity index is 1.47. The van der Waals surface area contributed by atoms with E-state index in [0.29, 0.717) is 37.4 Å². The number of furan rings is 1. The molecule has 1 fully saturated rings. The fourth-order valence-corrected chi connectivity index (χ4v) is 4.60. The summed E-state index contributed by atoms with van der Waals surface area (Å²) >= 11 is 0. The van der Waals surface area contributed by atoms with Crippen LogP contribution in [-0.2, 0) is 10.0 Å². The van der Waals surface area contributed by atoms with Crippen LogP contribution in [0.1, 0.15) is 10.6 Å². The maximum Gasteiger partial charge on any atom is 0.291 e. The van der Waals surface area contributed by atoms with Gasteiger partial charge in [0.15, 0.2) is 5.76 Å². The summed E-state index contributed by atoms with van der Waals surface area (Å²) in [6.07, 6.45) is 0. The topological polar surface area (TPSA) is 82.9 Å². The summed E-state index contributed by atoms with van der Waals surface area (Å²) in [7, 11) is -1.55. The van der Waals surface area contributed by atoms with Gasteiger partial charge in [-0.25, -0.2) is 8.42 Å². The number of piperazine rings is 1. The second kappa shape index (κ2) is 7.38. The summed E-state index contributed by atoms with van der Waals surface area (Å²) in [5.41, 5.74) is 1.14. The fraction of sp³-hybridized carbons (Fsp3) is 0.250. The van der Waals surface area contributed by atoms with E-state index in [-0.39, 0.29) is 16.6 Å². The van der Waals surface area contributed by atoms with Crippen molar-refractivity contribution in [3.05, 3.63) is 60.4 Å². The van der Waals surface area contributed by atoms with Gasteiger partial charge in [-0.1, -0.05) is 18.2 Å². The number of amides is 1. The van der Waals surface area contributed by atoms with Crippen molar-refractivity contribution in [2.45, 2.75) is 4.90 Å². The molecule has 1 aromatic heterocycles. The number of carbonyl (C=O) groups excluding carboxylic acids is 1. The number of likely N-dealkylation sites (N-methyl/N-ethyl adjacent to an activating group) is 1. The predicted molar refractivity (Wildman–Crippen MR) is 107 cm³/mol. The number of nitrogens with zero attached hydrogens (tertiary/aromatic N) is 2. The molecule has 2 heterocycles. The third kappa shape index (κ3) is 3.66. The molecular formula is C20H21N3O4S. The number of sulfonamides is 1. The Labute approximate surface area is 163 Å². The minimum Gasteiger partial charge on any atom is -0.451 e. The van der Waals surface area contributed by atoms with Crippen LogP contribution >= 0.6 is 0 Å². The van der Waals surface area contributed by atoms with Crippen molar-refractivity contribution < 1.29 is 17.6 Å². The second-order valence-corrected chi connectivity index (χ2v) is 8.77. The first-order valence-corrected chi connectivity index (χ1v) is 10.5. The first-order chi connectivity index (χ1) is 13.4. The van der Waals surface area contributed by atoms with Crippen molar-refractivity contribution >= 4 is 32.6 Å². The van der Waals surface area contributed by atoms with Gasteiger partial charge in [0.1, 0.15) is 5.58 Å². The van der Waals surface area contributed by atoms with Crippen molar-refractivity contribution in [2.75, 3.05) is 38.5 Å². The zero-order chi connectivity index (χ0) is 19.7. The fourth-order valence-electron chi connectivity index (χ4n) is 3.17. The van der Waals surface area contributed by atoms with Crippen molar-refractivity contribution in [3.8, 4) is 0 Å². The largest absolute Gasteiger partial charge is 0.451 e. The van der Waals surface area contributed by atoms with Gasteiger partial charge in [0.05, 0.1) is 4.90 Å². The molecule has 1 aliphatic heterocycles. The molecule has 4 rings (SSSR count). The van der Waals surface area contributed by atoms with E-state index in [4.69, 9.17) is 4.42 Å². The maximum atomic E-state index is 12.8. The highest BCUT2D eigenvalue weighted by Crippen LogP contribution is 2.22. The average Bonchev–Trinajstić information content (AvgIpc) is 3.13. The highest BCUT2D eigenvalue weighted by molar-refractivity contribution is 7.89. The van der Waals surface area contributed by atoms with Gasteiger partial charge in [-0.15, -0.1) is 0 Å². The number of nitrogens with one attached hydrogen (secondary N) is 1. The van der Waals surface area contributed by atoms with Gasteiger partial charge < -0.3 is 14.6 Å². The molecule has 0 aliphatic carbocycles. The van der Waals surface area contributed by atoms with Crippen molar-refractivity contribution in [2.24, 2.45) is 0 Å². The number of carbonyl (C=O) groups is 1. The Morgan fingerprint density at radius 2 is 1.68 bits per heavy atom. The van der Waals surface area contributed by atoms with Crippen molar-refractivity contribution in [3.63, 3.8) is 0 Å². The molecule has 1 saturated heterocycles. The Hall–Kier alpha value is -2.68. The lowest BCUT2D eigenvalue weighted by Gasteiger charge is -2.31. The molecule has 0 radical (unpaired) electrons. The number of anilines is 1. The Morgan fingerprint density at radius 3 is 2.36 bits per heavy atom. The highest BCUT2D eigenvalue weighted by Gasteiger charge is 2.27. The van der Waals surface area contributed by atoms with Gasteiger partial charge in [-0.05, 0) is 43.4 Å². The minimum absolute atomic E-state index is 0.204. The Morgan fingerprint density at radius 1 is 1.00 bits per heavy atom. The van der Waals surface area contributed by atoms with E-state index in [1.807, 2.05) is 25.2 Å². The molecule has 1 N–H and O–H groups in total. The normalized spacial score (nSPS) is 16.3. The van der Waals surface area contributed by atoms with E-state index in [0.717, 1.165) is 5.39 Å². The molecule has 28 heavy (non-hydrogen) atoms. The van der Waals surface area contributed by atoms with E-state index in [1.165, 1.54) is 16.4 Å². The van der Waals surface area contributed by atoms with Gasteiger partial charge in [0, 0.05) is 37.3 Å². The number of rotatable bonds is 4. The van der Waals surface area contributed by atoms with Crippen molar-refractivity contribution in [1.29, 1.82) is 0 Å². The molecule has 0 unspecified atom stereocenters. The molecule has 8 heteroatoms. The number of hydrogen-bond acceptors (Lipinski definition) is 5. The van der Waals surface area contributed by atoms with Gasteiger partial charge in [-0.2, -0.15) is 4.31 Å². The van der Waals surface area contributed by atoms with Crippen LogP contribution in [0.5, 0.6) is 0 Å². The van der Waals surface area contributed by atoms with Crippen LogP contribution in [0.15, 0.2) is 63.9 Å². The third-order valence-electron chi connectivity index (χ3n) is 4.86. The van der Waals surface area contributed by atoms with E-state index >= 15 is 0 Å². The lowest BCUT2D eigenvalue weighted by molar-refractivity contribution is 0.0998. The lowest BCUT2D eigenvalue weighted by atomic mass is 10.2. The van der Waals surface area contributed by atoms with E-state index < -0.39 is 10.0 Å². The predicted octanol–water partition coefficient (Wildman–Crippen LogP) is 2.62. The number of hydrogen-bond donors (Lipinski definition) is 1. The molecule has 1 amide bonds. The average molecular weight is 399 g/mol. The molecule has 1 aliphatic rings. The van der Waals surface area contributed by atoms with Gasteiger partial charge in [0.25, 0.3) is 5.91 Å². The van der Waals surface area contributed by atoms with Crippen molar-refractivity contribution in [1.82, 2.24) is 9.21 Å². The summed E-state index contributed by atoms with van der Waals surface area (Å²) in [6, 6.07) is 15.3. The zero-order valence-electron chi connectivity index (χ0n) is 15.5. The molecule has 146 valence electrons. The Kier molecular flexibility index (Phi) is 4.92. The number of benzene rings is 2. The van der Waals surface area contributed by atoms with E-state index in [9.17, 15) is 13.2 Å². The third-order valence-corrected chi connectivity index (χ3v) is 6.77. The first-order valence-electron chi connectivity index (χ1n) is 9.02. The van der Waals surface area contributed by atoms with Crippen LogP contribution in [0, 0.1) is 0 Å². The summed E-state index contributed by atoms with van der Waals surface area (Å²) in [6.45, 7) is 2.38. The summed E-state index contributed by atoms with van der Waals surface area (Å²) in [4.78, 5) is 14.7. The number of fused-ring (bicyclic) bond motifs is 1. The minimum atomic E-state index is -3.52. The molecule has 0 saturated carbocycles. The molecular weight excluding hydrogens is 378 g/mol. The zero-order valence-corrected chi connectivity index (χ0v) is 16.3. The second-order valence-electron chi connectivity index (χ2n) is 6.83. The lowest BCUT2D eigenvalue weighted by Crippen LogP contribution is -2.46. The van der Waals surface area contributed by atoms with Crippen LogP contribution in [0.2, 0.25) is 0 Å². The molecule has 0 atom stereocenters. The van der Waals surface area contributed by atoms with E-state index in [1.54, 1.807) is 24.3 Å². The van der Waals surface area contributed by atoms with Crippen LogP contribution in [0.3, 0.4) is 0 Å². The van der Waals surface area contributed by atoms with E-state index in [2.05, 4.69) is 10.2 Å². The Bertz CT molecular complexity index is 1060. The SMILES string of the molecule is CN1CCN(S(=O)(=O)c2ccc(NC(=O)c3cc4ccccc4o3)cc2)CC1. The smallest absolute Gasteiger partial charge is 0.291 e. The number of para-hydroxylation sites is 1. The maximum absolute atomic E-state index is 12.8. The summed E-state index contributed by atoms with van der Waals surface area (Å²) in [5, 5.41) is 3.58. The van der Waals surface area contributed by atoms with Crippen LogP contribution in [-0.4, -0.2) is 56.8 Å². The molecule has 2 aromatic carbocycles. The van der Waals surface area contributed by atoms with Crippen LogP contribution in [0.25, 0.3) is 11.0 Å². The first kappa shape index (κ1) is 18.7. The monoisotopic (exact) mass is 399 g/mol. The molecule has 0 bridgehead atoms. The standard InChI is InChI=1S/C20H21N3O4S/c1-22-10-12-23(13-11-22)28(25,26)17-8-6-16(7-9-17)21-20(24)19-14-15-4-2-3-5-18(15)27-19/h2-9,14H,10-13H2,1H3,(H,21,24). The summed E-state index contributed by atoms with van der Waals surface area (Å²) in [5.74, 6) is -0.179. The van der Waals surface area contributed by atoms with Crippen LogP contribution < -0.4 is 5.32 Å². The van der Waals surface area contributed by atoms with Gasteiger partial charge in [-0.3, -0.25) is 4.79 Å². The summed E-state index contributed by atoms with van der Waals surface area (Å²) < 4.78 is 32.6. The van der Waals surface area contributed by atoms with Gasteiger partial charge in [0.2, 0.25) is 10.0 Å².